The standard InChI is InChI=1S/C24H25Cl2IN2O6/c1-14(2)11-19(29-24(33)35-27)22(31)28-18(12-15-7-4-3-5-8-15)20(30)13-34-23(32)21-16(25)9-6-10-17(21)26/h3-10,14,18-19H,11-13H2,1-2H3,(H,28,31)(H,29,33)/t18-,19-/m0/s1. The summed E-state index contributed by atoms with van der Waals surface area (Å²) in [6.07, 6.45) is -0.298. The molecule has 0 bridgehead atoms. The Bertz CT molecular complexity index is 1030. The number of nitrogens with one attached hydrogen (secondary N) is 2. The Morgan fingerprint density at radius 1 is 0.914 bits per heavy atom. The van der Waals surface area contributed by atoms with Gasteiger partial charge in [0.2, 0.25) is 5.91 Å². The van der Waals surface area contributed by atoms with Crippen LogP contribution in [0.2, 0.25) is 10.0 Å². The number of ketones is 1. The number of carbonyl (C=O) groups excluding carboxylic acids is 4. The molecule has 0 aliphatic carbocycles. The van der Waals surface area contributed by atoms with Gasteiger partial charge in [-0.15, -0.1) is 0 Å². The van der Waals surface area contributed by atoms with E-state index in [1.165, 1.54) is 35.1 Å². The summed E-state index contributed by atoms with van der Waals surface area (Å²) in [7, 11) is 0. The van der Waals surface area contributed by atoms with Crippen LogP contribution in [0.25, 0.3) is 0 Å². The van der Waals surface area contributed by atoms with Crippen LogP contribution in [0.5, 0.6) is 0 Å². The minimum absolute atomic E-state index is 0.0502. The number of halogens is 3. The van der Waals surface area contributed by atoms with E-state index >= 15 is 0 Å². The van der Waals surface area contributed by atoms with Gasteiger partial charge in [0.1, 0.15) is 6.04 Å². The maximum atomic E-state index is 13.0. The number of hydrogen-bond donors (Lipinski definition) is 2. The van der Waals surface area contributed by atoms with Gasteiger partial charge in [0, 0.05) is 0 Å². The first kappa shape index (κ1) is 28.9. The molecule has 0 fully saturated rings. The SMILES string of the molecule is CC(C)C[C@H](NC(=O)OI)C(=O)N[C@@H](Cc1ccccc1)C(=O)COC(=O)c1c(Cl)cccc1Cl. The van der Waals surface area contributed by atoms with Crippen LogP contribution in [-0.2, 0) is 23.8 Å². The molecule has 0 unspecified atom stereocenters. The third kappa shape index (κ3) is 9.30. The van der Waals surface area contributed by atoms with Crippen LogP contribution in [0.15, 0.2) is 48.5 Å². The van der Waals surface area contributed by atoms with Gasteiger partial charge in [0.05, 0.1) is 21.7 Å². The first-order valence-electron chi connectivity index (χ1n) is 10.7. The zero-order chi connectivity index (χ0) is 26.0. The smallest absolute Gasteiger partial charge is 0.417 e. The van der Waals surface area contributed by atoms with Gasteiger partial charge in [-0.3, -0.25) is 9.59 Å². The maximum Gasteiger partial charge on any atom is 0.417 e. The molecule has 2 aromatic rings. The van der Waals surface area contributed by atoms with Gasteiger partial charge in [-0.2, -0.15) is 0 Å². The topological polar surface area (TPSA) is 111 Å². The van der Waals surface area contributed by atoms with Gasteiger partial charge in [-0.1, -0.05) is 73.4 Å². The van der Waals surface area contributed by atoms with Gasteiger partial charge < -0.3 is 18.4 Å². The molecule has 0 radical (unpaired) electrons. The van der Waals surface area contributed by atoms with E-state index in [2.05, 4.69) is 13.7 Å². The lowest BCUT2D eigenvalue weighted by atomic mass is 10.00. The number of Topliss-reactive ketones (excluding diaryl/α,β-unsaturated/α-hetero) is 1. The normalized spacial score (nSPS) is 12.4. The monoisotopic (exact) mass is 634 g/mol. The molecule has 2 aromatic carbocycles. The minimum atomic E-state index is -1.02. The van der Waals surface area contributed by atoms with Crippen molar-refractivity contribution in [3.05, 3.63) is 69.7 Å². The molecule has 35 heavy (non-hydrogen) atoms. The molecule has 8 nitrogen and oxygen atoms in total. The van der Waals surface area contributed by atoms with E-state index in [0.717, 1.165) is 5.56 Å². The zero-order valence-corrected chi connectivity index (χ0v) is 22.7. The summed E-state index contributed by atoms with van der Waals surface area (Å²) in [4.78, 5) is 50.3. The molecule has 0 spiro atoms. The molecule has 2 atom stereocenters. The van der Waals surface area contributed by atoms with Gasteiger partial charge in [-0.25, -0.2) is 9.59 Å². The van der Waals surface area contributed by atoms with Crippen LogP contribution < -0.4 is 10.6 Å². The molecule has 188 valence electrons. The van der Waals surface area contributed by atoms with Gasteiger partial charge in [0.15, 0.2) is 35.4 Å². The molecule has 2 N–H and O–H groups in total. The van der Waals surface area contributed by atoms with E-state index in [-0.39, 0.29) is 27.9 Å². The van der Waals surface area contributed by atoms with E-state index in [0.29, 0.717) is 6.42 Å². The molecule has 0 aliphatic heterocycles. The molecule has 11 heteroatoms. The number of hydrogen-bond acceptors (Lipinski definition) is 6. The van der Waals surface area contributed by atoms with Crippen molar-refractivity contribution in [2.75, 3.05) is 6.61 Å². The molecule has 2 amide bonds. The number of carbonyl (C=O) groups is 4. The van der Waals surface area contributed by atoms with E-state index in [1.54, 1.807) is 30.3 Å². The first-order chi connectivity index (χ1) is 16.6. The van der Waals surface area contributed by atoms with E-state index in [9.17, 15) is 19.2 Å². The van der Waals surface area contributed by atoms with Gasteiger partial charge >= 0.3 is 12.1 Å². The highest BCUT2D eigenvalue weighted by atomic mass is 127. The maximum absolute atomic E-state index is 13.0. The third-order valence-electron chi connectivity index (χ3n) is 4.89. The van der Waals surface area contributed by atoms with Crippen LogP contribution >= 0.6 is 46.2 Å². The molecule has 0 aliphatic rings. The predicted molar refractivity (Wildman–Crippen MR) is 141 cm³/mol. The number of benzene rings is 2. The van der Waals surface area contributed by atoms with Gasteiger partial charge in [-0.05, 0) is 36.5 Å². The van der Waals surface area contributed by atoms with Crippen molar-refractivity contribution in [3.8, 4) is 0 Å². The fourth-order valence-corrected chi connectivity index (χ4v) is 3.92. The van der Waals surface area contributed by atoms with Gasteiger partial charge in [0.25, 0.3) is 0 Å². The average molecular weight is 635 g/mol. The second kappa shape index (κ2) is 14.3. The Morgan fingerprint density at radius 2 is 1.54 bits per heavy atom. The minimum Gasteiger partial charge on any atom is -0.454 e. The third-order valence-corrected chi connectivity index (χ3v) is 5.92. The average Bonchev–Trinajstić information content (AvgIpc) is 2.81. The number of esters is 1. The Balaban J connectivity index is 2.17. The highest BCUT2D eigenvalue weighted by Gasteiger charge is 2.29. The molecule has 0 saturated carbocycles. The van der Waals surface area contributed by atoms with E-state index in [4.69, 9.17) is 27.9 Å². The lowest BCUT2D eigenvalue weighted by Crippen LogP contribution is -2.53. The molecule has 0 aromatic heterocycles. The van der Waals surface area contributed by atoms with Crippen LogP contribution in [-0.4, -0.2) is 42.4 Å². The second-order valence-electron chi connectivity index (χ2n) is 8.08. The summed E-state index contributed by atoms with van der Waals surface area (Å²) in [5.74, 6) is -1.89. The van der Waals surface area contributed by atoms with Crippen molar-refractivity contribution in [3.63, 3.8) is 0 Å². The lowest BCUT2D eigenvalue weighted by molar-refractivity contribution is -0.130. The van der Waals surface area contributed by atoms with Crippen molar-refractivity contribution < 1.29 is 27.0 Å². The zero-order valence-electron chi connectivity index (χ0n) is 19.1. The first-order valence-corrected chi connectivity index (χ1v) is 12.3. The van der Waals surface area contributed by atoms with Crippen LogP contribution in [0.3, 0.4) is 0 Å². The van der Waals surface area contributed by atoms with Crippen molar-refractivity contribution >= 4 is 70.0 Å². The Labute approximate surface area is 227 Å². The van der Waals surface area contributed by atoms with Crippen molar-refractivity contribution in [2.24, 2.45) is 5.92 Å². The summed E-state index contributed by atoms with van der Waals surface area (Å²) in [6.45, 7) is 3.17. The Morgan fingerprint density at radius 3 is 2.11 bits per heavy atom. The summed E-state index contributed by atoms with van der Waals surface area (Å²) in [5.41, 5.74) is 0.734. The quantitative estimate of drug-likeness (QED) is 0.268. The fraction of sp³-hybridized carbons (Fsp3) is 0.333. The second-order valence-corrected chi connectivity index (χ2v) is 9.34. The lowest BCUT2D eigenvalue weighted by Gasteiger charge is -2.23. The molecule has 0 saturated heterocycles. The number of amides is 2. The van der Waals surface area contributed by atoms with Crippen molar-refractivity contribution in [1.82, 2.24) is 10.6 Å². The summed E-state index contributed by atoms with van der Waals surface area (Å²) in [6, 6.07) is 11.6. The highest BCUT2D eigenvalue weighted by molar-refractivity contribution is 14.1. The summed E-state index contributed by atoms with van der Waals surface area (Å²) in [5, 5.41) is 5.35. The molecule has 0 heterocycles. The number of ether oxygens (including phenoxy) is 1. The molecular formula is C24H25Cl2IN2O6. The van der Waals surface area contributed by atoms with Crippen molar-refractivity contribution in [2.45, 2.75) is 38.8 Å². The summed E-state index contributed by atoms with van der Waals surface area (Å²) < 4.78 is 9.74. The molecule has 2 rings (SSSR count). The largest absolute Gasteiger partial charge is 0.454 e. The van der Waals surface area contributed by atoms with Crippen LogP contribution in [0.4, 0.5) is 4.79 Å². The number of rotatable bonds is 11. The van der Waals surface area contributed by atoms with Crippen LogP contribution in [0.1, 0.15) is 36.2 Å². The Kier molecular flexibility index (Phi) is 11.8. The van der Waals surface area contributed by atoms with Crippen molar-refractivity contribution in [1.29, 1.82) is 0 Å². The highest BCUT2D eigenvalue weighted by Crippen LogP contribution is 2.25. The molecular weight excluding hydrogens is 610 g/mol. The van der Waals surface area contributed by atoms with Crippen LogP contribution in [0, 0.1) is 5.92 Å². The Hall–Kier alpha value is -2.37. The summed E-state index contributed by atoms with van der Waals surface area (Å²) >= 11 is 13.5. The van der Waals surface area contributed by atoms with E-state index in [1.807, 2.05) is 19.9 Å². The fourth-order valence-electron chi connectivity index (χ4n) is 3.24. The van der Waals surface area contributed by atoms with E-state index < -0.39 is 42.4 Å². The predicted octanol–water partition coefficient (Wildman–Crippen LogP) is 4.94.